The molecule has 0 N–H and O–H groups in total. The number of carbonyl (C=O) groups is 1. The number of piperidine rings is 1. The molecule has 4 nitrogen and oxygen atoms in total. The summed E-state index contributed by atoms with van der Waals surface area (Å²) < 4.78 is 19.6. The highest BCUT2D eigenvalue weighted by molar-refractivity contribution is 5.98. The Morgan fingerprint density at radius 1 is 1.39 bits per heavy atom. The molecule has 1 aliphatic heterocycles. The highest BCUT2D eigenvalue weighted by Gasteiger charge is 2.53. The van der Waals surface area contributed by atoms with Gasteiger partial charge in [-0.2, -0.15) is 0 Å². The zero-order valence-corrected chi connectivity index (χ0v) is 13.0. The van der Waals surface area contributed by atoms with Gasteiger partial charge in [0.05, 0.1) is 5.56 Å². The van der Waals surface area contributed by atoms with Crippen molar-refractivity contribution in [3.8, 4) is 0 Å². The zero-order chi connectivity index (χ0) is 16.0. The highest BCUT2D eigenvalue weighted by atomic mass is 19.1. The average Bonchev–Trinajstić information content (AvgIpc) is 3.26. The molecule has 1 saturated carbocycles. The minimum absolute atomic E-state index is 0.146. The molecule has 0 bridgehead atoms. The van der Waals surface area contributed by atoms with Crippen molar-refractivity contribution in [3.63, 3.8) is 0 Å². The summed E-state index contributed by atoms with van der Waals surface area (Å²) >= 11 is 0. The van der Waals surface area contributed by atoms with Gasteiger partial charge in [-0.25, -0.2) is 4.39 Å². The maximum Gasteiger partial charge on any atom is 0.256 e. The molecule has 0 radical (unpaired) electrons. The van der Waals surface area contributed by atoms with Crippen LogP contribution in [-0.2, 0) is 4.74 Å². The Morgan fingerprint density at radius 3 is 3.09 bits per heavy atom. The molecule has 1 aromatic heterocycles. The number of amides is 1. The van der Waals surface area contributed by atoms with Crippen LogP contribution in [0.1, 0.15) is 16.8 Å². The van der Waals surface area contributed by atoms with Crippen molar-refractivity contribution in [3.05, 3.63) is 42.0 Å². The van der Waals surface area contributed by atoms with Crippen LogP contribution in [0.3, 0.4) is 0 Å². The number of pyridine rings is 1. The fraction of sp³-hybridized carbons (Fsp3) is 0.444. The van der Waals surface area contributed by atoms with Gasteiger partial charge >= 0.3 is 0 Å². The summed E-state index contributed by atoms with van der Waals surface area (Å²) in [7, 11) is 1.71. The van der Waals surface area contributed by atoms with Crippen molar-refractivity contribution in [2.75, 3.05) is 26.8 Å². The number of hydrogen-bond donors (Lipinski definition) is 0. The first-order valence-electron chi connectivity index (χ1n) is 8.00. The summed E-state index contributed by atoms with van der Waals surface area (Å²) in [4.78, 5) is 18.6. The summed E-state index contributed by atoms with van der Waals surface area (Å²) in [5, 5.41) is 1.55. The van der Waals surface area contributed by atoms with Crippen molar-refractivity contribution in [2.24, 2.45) is 17.8 Å². The van der Waals surface area contributed by atoms with E-state index in [0.29, 0.717) is 30.8 Å². The van der Waals surface area contributed by atoms with Gasteiger partial charge in [0.15, 0.2) is 0 Å². The lowest BCUT2D eigenvalue weighted by atomic mass is 10.1. The second-order valence-electron chi connectivity index (χ2n) is 6.54. The van der Waals surface area contributed by atoms with E-state index in [1.165, 1.54) is 6.07 Å². The van der Waals surface area contributed by atoms with Crippen LogP contribution in [0.15, 0.2) is 30.6 Å². The molecule has 2 heterocycles. The number of aromatic nitrogens is 1. The Hall–Kier alpha value is -2.01. The van der Waals surface area contributed by atoms with Crippen LogP contribution in [0.4, 0.5) is 4.39 Å². The predicted octanol–water partition coefficient (Wildman–Crippen LogP) is 2.73. The Labute approximate surface area is 134 Å². The molecule has 1 aliphatic carbocycles. The first kappa shape index (κ1) is 14.6. The minimum Gasteiger partial charge on any atom is -0.384 e. The molecule has 2 aromatic rings. The Morgan fingerprint density at radius 2 is 2.26 bits per heavy atom. The number of halogens is 1. The molecule has 2 fully saturated rings. The van der Waals surface area contributed by atoms with E-state index in [1.807, 2.05) is 0 Å². The number of rotatable bonds is 3. The van der Waals surface area contributed by atoms with Crippen LogP contribution in [0.2, 0.25) is 0 Å². The van der Waals surface area contributed by atoms with Crippen LogP contribution in [0.25, 0.3) is 10.8 Å². The maximum atomic E-state index is 14.3. The Bertz CT molecular complexity index is 764. The highest BCUT2D eigenvalue weighted by Crippen LogP contribution is 2.51. The van der Waals surface area contributed by atoms with Gasteiger partial charge in [-0.05, 0) is 47.8 Å². The smallest absolute Gasteiger partial charge is 0.256 e. The largest absolute Gasteiger partial charge is 0.384 e. The summed E-state index contributed by atoms with van der Waals surface area (Å²) in [5.41, 5.74) is 0.146. The van der Waals surface area contributed by atoms with Gasteiger partial charge in [0.25, 0.3) is 5.91 Å². The molecule has 0 spiro atoms. The van der Waals surface area contributed by atoms with Gasteiger partial charge in [0.1, 0.15) is 5.82 Å². The van der Waals surface area contributed by atoms with E-state index >= 15 is 0 Å². The number of benzene rings is 1. The number of carbonyl (C=O) groups excluding carboxylic acids is 1. The van der Waals surface area contributed by atoms with E-state index in [-0.39, 0.29) is 11.5 Å². The molecular weight excluding hydrogens is 295 g/mol. The summed E-state index contributed by atoms with van der Waals surface area (Å²) in [6.07, 6.45) is 4.27. The number of likely N-dealkylation sites (tertiary alicyclic amines) is 1. The first-order valence-corrected chi connectivity index (χ1v) is 8.00. The molecule has 5 heteroatoms. The second kappa shape index (κ2) is 5.57. The van der Waals surface area contributed by atoms with Gasteiger partial charge in [-0.15, -0.1) is 0 Å². The SMILES string of the molecule is COC[C@@H]1[C@H]2CCN(C(=O)c3cc4cnccc4cc3F)C[C@H]21. The van der Waals surface area contributed by atoms with Crippen LogP contribution >= 0.6 is 0 Å². The molecule has 1 saturated heterocycles. The van der Waals surface area contributed by atoms with Crippen molar-refractivity contribution in [1.29, 1.82) is 0 Å². The number of nitrogens with zero attached hydrogens (tertiary/aromatic N) is 2. The van der Waals surface area contributed by atoms with Gasteiger partial charge in [-0.3, -0.25) is 9.78 Å². The number of methoxy groups -OCH3 is 1. The second-order valence-corrected chi connectivity index (χ2v) is 6.54. The molecule has 3 atom stereocenters. The Kier molecular flexibility index (Phi) is 3.53. The molecule has 120 valence electrons. The number of ether oxygens (including phenoxy) is 1. The Balaban J connectivity index is 1.56. The third kappa shape index (κ3) is 2.49. The van der Waals surface area contributed by atoms with E-state index in [9.17, 15) is 9.18 Å². The maximum absolute atomic E-state index is 14.3. The minimum atomic E-state index is -0.458. The third-order valence-electron chi connectivity index (χ3n) is 5.28. The topological polar surface area (TPSA) is 42.4 Å². The lowest BCUT2D eigenvalue weighted by Crippen LogP contribution is -2.37. The molecule has 23 heavy (non-hydrogen) atoms. The van der Waals surface area contributed by atoms with Crippen LogP contribution in [-0.4, -0.2) is 42.6 Å². The van der Waals surface area contributed by atoms with Crippen molar-refractivity contribution < 1.29 is 13.9 Å². The van der Waals surface area contributed by atoms with E-state index < -0.39 is 5.82 Å². The monoisotopic (exact) mass is 314 g/mol. The quantitative estimate of drug-likeness (QED) is 0.875. The lowest BCUT2D eigenvalue weighted by Gasteiger charge is -2.26. The van der Waals surface area contributed by atoms with Gasteiger partial charge < -0.3 is 9.64 Å². The molecule has 0 unspecified atom stereocenters. The van der Waals surface area contributed by atoms with Crippen LogP contribution in [0, 0.1) is 23.6 Å². The molecule has 4 rings (SSSR count). The van der Waals surface area contributed by atoms with E-state index in [4.69, 9.17) is 4.74 Å². The van der Waals surface area contributed by atoms with Crippen LogP contribution < -0.4 is 0 Å². The molecule has 1 aromatic carbocycles. The van der Waals surface area contributed by atoms with Gasteiger partial charge in [0.2, 0.25) is 0 Å². The fourth-order valence-corrected chi connectivity index (χ4v) is 3.94. The number of fused-ring (bicyclic) bond motifs is 2. The normalized spacial score (nSPS) is 26.2. The lowest BCUT2D eigenvalue weighted by molar-refractivity contribution is 0.0710. The van der Waals surface area contributed by atoms with Crippen molar-refractivity contribution in [1.82, 2.24) is 9.88 Å². The van der Waals surface area contributed by atoms with Crippen molar-refractivity contribution in [2.45, 2.75) is 6.42 Å². The standard InChI is InChI=1S/C18H19FN2O2/c1-23-10-16-13-3-5-21(9-15(13)16)18(22)14-6-12-8-20-4-2-11(12)7-17(14)19/h2,4,6-8,13,15-16H,3,5,9-10H2,1H3/t13-,15+,16+/m0/s1. The number of hydrogen-bond acceptors (Lipinski definition) is 3. The first-order chi connectivity index (χ1) is 11.2. The van der Waals surface area contributed by atoms with Gasteiger partial charge in [-0.1, -0.05) is 0 Å². The predicted molar refractivity (Wildman–Crippen MR) is 84.6 cm³/mol. The third-order valence-corrected chi connectivity index (χ3v) is 5.28. The van der Waals surface area contributed by atoms with E-state index in [1.54, 1.807) is 36.5 Å². The molecular formula is C18H19FN2O2. The zero-order valence-electron chi connectivity index (χ0n) is 13.0. The van der Waals surface area contributed by atoms with Crippen LogP contribution in [0.5, 0.6) is 0 Å². The average molecular weight is 314 g/mol. The molecule has 2 aliphatic rings. The summed E-state index contributed by atoms with van der Waals surface area (Å²) in [5.74, 6) is 1.07. The fourth-order valence-electron chi connectivity index (χ4n) is 3.94. The van der Waals surface area contributed by atoms with E-state index in [2.05, 4.69) is 4.98 Å². The molecule has 1 amide bonds. The van der Waals surface area contributed by atoms with E-state index in [0.717, 1.165) is 23.8 Å². The summed E-state index contributed by atoms with van der Waals surface area (Å²) in [6, 6.07) is 4.78. The summed E-state index contributed by atoms with van der Waals surface area (Å²) in [6.45, 7) is 2.17. The van der Waals surface area contributed by atoms with Gasteiger partial charge in [0, 0.05) is 44.6 Å². The van der Waals surface area contributed by atoms with Crippen molar-refractivity contribution >= 4 is 16.7 Å².